The molecule has 0 unspecified atom stereocenters. The number of likely N-dealkylation sites (N-methyl/N-ethyl adjacent to an activating group) is 1. The second-order valence-corrected chi connectivity index (χ2v) is 25.8. The molecular weight excluding hydrogens is 1070 g/mol. The highest BCUT2D eigenvalue weighted by molar-refractivity contribution is 8.01. The van der Waals surface area contributed by atoms with Crippen LogP contribution in [0.15, 0.2) is 94.2 Å². The fourth-order valence-corrected chi connectivity index (χ4v) is 14.0. The number of hydrogen-bond acceptors (Lipinski definition) is 14. The van der Waals surface area contributed by atoms with Gasteiger partial charge in [0, 0.05) is 74.4 Å². The van der Waals surface area contributed by atoms with E-state index >= 15 is 0 Å². The van der Waals surface area contributed by atoms with Crippen LogP contribution in [0.1, 0.15) is 121 Å². The number of nitrogens with one attached hydrogen (secondary N) is 4. The van der Waals surface area contributed by atoms with Gasteiger partial charge in [-0.05, 0) is 148 Å². The molecule has 3 fully saturated rings. The maximum atomic E-state index is 14.9. The number of methoxy groups -OCH3 is 1. The summed E-state index contributed by atoms with van der Waals surface area (Å²) in [5.74, 6) is 0.254. The molecule has 0 radical (unpaired) electrons. The van der Waals surface area contributed by atoms with Crippen LogP contribution in [0, 0.1) is 12.3 Å². The van der Waals surface area contributed by atoms with Crippen molar-refractivity contribution in [2.45, 2.75) is 138 Å². The molecule has 1 saturated carbocycles. The molecule has 2 aliphatic carbocycles. The van der Waals surface area contributed by atoms with Gasteiger partial charge in [-0.3, -0.25) is 34.2 Å². The first-order valence-electron chi connectivity index (χ1n) is 29.1. The van der Waals surface area contributed by atoms with E-state index in [4.69, 9.17) is 14.2 Å². The van der Waals surface area contributed by atoms with Crippen molar-refractivity contribution in [2.24, 2.45) is 5.41 Å². The summed E-state index contributed by atoms with van der Waals surface area (Å²) in [6.45, 7) is 15.6. The molecule has 436 valence electrons. The highest BCUT2D eigenvalue weighted by Gasteiger charge is 2.43. The molecule has 2 saturated heterocycles. The molecule has 4 heterocycles. The first-order valence-corrected chi connectivity index (χ1v) is 30.7. The average molecular weight is 1150 g/mol. The van der Waals surface area contributed by atoms with Gasteiger partial charge in [0.15, 0.2) is 5.13 Å². The quantitative estimate of drug-likeness (QED) is 0.0738. The Balaban J connectivity index is 0.712. The molecule has 4 aromatic carbocycles. The molecule has 0 spiro atoms. The zero-order valence-electron chi connectivity index (χ0n) is 48.4. The number of hydrogen-bond donors (Lipinski definition) is 4. The number of thiazole rings is 1. The number of fused-ring (bicyclic) bond motifs is 2. The number of benzene rings is 4. The van der Waals surface area contributed by atoms with Crippen LogP contribution < -0.4 is 35.6 Å². The van der Waals surface area contributed by atoms with E-state index in [0.29, 0.717) is 60.8 Å². The lowest BCUT2D eigenvalue weighted by atomic mass is 9.83. The van der Waals surface area contributed by atoms with Gasteiger partial charge in [-0.2, -0.15) is 0 Å². The number of aromatic nitrogens is 1. The Kier molecular flexibility index (Phi) is 18.6. The van der Waals surface area contributed by atoms with Crippen LogP contribution in [0.2, 0.25) is 0 Å². The topological polar surface area (TPSA) is 187 Å². The first-order chi connectivity index (χ1) is 39.5. The van der Waals surface area contributed by atoms with E-state index in [2.05, 4.69) is 60.3 Å². The smallest absolute Gasteiger partial charge is 0.257 e. The van der Waals surface area contributed by atoms with Crippen LogP contribution in [0.25, 0.3) is 0 Å². The highest BCUT2D eigenvalue weighted by atomic mass is 32.2. The second-order valence-electron chi connectivity index (χ2n) is 23.5. The molecule has 5 aliphatic rings. The van der Waals surface area contributed by atoms with Crippen LogP contribution in [-0.4, -0.2) is 146 Å². The van der Waals surface area contributed by atoms with Crippen molar-refractivity contribution in [3.63, 3.8) is 0 Å². The molecular formula is C63H79N9O8S2. The van der Waals surface area contributed by atoms with Crippen molar-refractivity contribution in [3.8, 4) is 11.5 Å². The van der Waals surface area contributed by atoms with Gasteiger partial charge in [-0.1, -0.05) is 74.2 Å². The molecule has 10 rings (SSSR count). The third kappa shape index (κ3) is 13.6. The summed E-state index contributed by atoms with van der Waals surface area (Å²) in [6.07, 6.45) is 8.88. The average Bonchev–Trinajstić information content (AvgIpc) is 4.01. The number of carbonyl (C=O) groups is 5. The van der Waals surface area contributed by atoms with Gasteiger partial charge in [0.1, 0.15) is 23.6 Å². The Morgan fingerprint density at radius 2 is 1.60 bits per heavy atom. The van der Waals surface area contributed by atoms with E-state index in [0.717, 1.165) is 114 Å². The fourth-order valence-electron chi connectivity index (χ4n) is 12.1. The molecule has 19 heteroatoms. The number of amides is 5. The summed E-state index contributed by atoms with van der Waals surface area (Å²) in [5, 5.41) is 12.8. The van der Waals surface area contributed by atoms with Crippen molar-refractivity contribution in [1.82, 2.24) is 35.6 Å². The molecule has 5 aromatic rings. The van der Waals surface area contributed by atoms with Crippen molar-refractivity contribution in [1.29, 1.82) is 0 Å². The van der Waals surface area contributed by atoms with Crippen molar-refractivity contribution >= 4 is 63.5 Å². The lowest BCUT2D eigenvalue weighted by Crippen LogP contribution is -2.62. The zero-order valence-corrected chi connectivity index (χ0v) is 50.0. The van der Waals surface area contributed by atoms with E-state index in [-0.39, 0.29) is 48.2 Å². The lowest BCUT2D eigenvalue weighted by Gasteiger charge is -2.43. The Hall–Kier alpha value is -6.51. The summed E-state index contributed by atoms with van der Waals surface area (Å²) in [4.78, 5) is 83.5. The SMILES string of the molecule is CN[C@@H](C)C(=O)N[C@H](C(=O)N1Cc2cc(OC3CCC(N4CCN(c5ccc(C(=O)Nc6ncc(Sc7cc(C(=O)N8CCOCC8)c(OC)cc7C)s6)cc5)CC4)CC3)ccc2C[C@H]1C(=O)N[C@@H]1CCCc2ccccc21)C(C)(C)C. The van der Waals surface area contributed by atoms with Crippen molar-refractivity contribution in [2.75, 3.05) is 76.9 Å². The van der Waals surface area contributed by atoms with Gasteiger partial charge < -0.3 is 44.9 Å². The standard InChI is InChI=1S/C63H79N9O8S2/c1-39-33-53(78-7)50(60(76)71-29-31-79-32-30-71)36-54(39)81-55-37-65-62(82-55)68-58(74)42-15-18-45(19-16-42)69-25-27-70(28-26-69)46-20-23-47(24-21-46)80-48-22-17-43-35-52(59(75)66-51-14-10-12-41-11-8-9-13-49(41)51)72(38-44(43)34-48)61(77)56(63(3,4)5)67-57(73)40(2)64-6/h8-9,11,13,15-19,22,33-34,36-37,40,46-47,51-52,56,64H,10,12,14,20-21,23-32,35,38H2,1-7H3,(H,66,75)(H,67,73)(H,65,68,74)/t40-,46?,47?,51+,52-,56+/m0/s1. The predicted molar refractivity (Wildman–Crippen MR) is 320 cm³/mol. The van der Waals surface area contributed by atoms with Gasteiger partial charge in [-0.25, -0.2) is 4.98 Å². The third-order valence-electron chi connectivity index (χ3n) is 17.0. The largest absolute Gasteiger partial charge is 0.496 e. The monoisotopic (exact) mass is 1150 g/mol. The minimum absolute atomic E-state index is 0.0619. The minimum atomic E-state index is -0.862. The number of aryl methyl sites for hydroxylation is 2. The number of piperazine rings is 1. The molecule has 17 nitrogen and oxygen atoms in total. The molecule has 4 N–H and O–H groups in total. The predicted octanol–water partition coefficient (Wildman–Crippen LogP) is 8.43. The summed E-state index contributed by atoms with van der Waals surface area (Å²) < 4.78 is 18.7. The maximum absolute atomic E-state index is 14.9. The van der Waals surface area contributed by atoms with E-state index in [9.17, 15) is 24.0 Å². The van der Waals surface area contributed by atoms with Gasteiger partial charge in [0.25, 0.3) is 11.8 Å². The molecule has 82 heavy (non-hydrogen) atoms. The van der Waals surface area contributed by atoms with Crippen molar-refractivity contribution in [3.05, 3.63) is 124 Å². The third-order valence-corrected chi connectivity index (χ3v) is 19.2. The highest BCUT2D eigenvalue weighted by Crippen LogP contribution is 2.40. The minimum Gasteiger partial charge on any atom is -0.496 e. The number of anilines is 2. The van der Waals surface area contributed by atoms with Crippen LogP contribution in [-0.2, 0) is 38.5 Å². The lowest BCUT2D eigenvalue weighted by molar-refractivity contribution is -0.147. The van der Waals surface area contributed by atoms with Crippen molar-refractivity contribution < 1.29 is 38.2 Å². The summed E-state index contributed by atoms with van der Waals surface area (Å²) in [5.41, 5.74) is 6.83. The van der Waals surface area contributed by atoms with Crippen LogP contribution in [0.3, 0.4) is 0 Å². The molecule has 5 amide bonds. The van der Waals surface area contributed by atoms with E-state index in [1.54, 1.807) is 37.1 Å². The fraction of sp³-hybridized carbons (Fsp3) is 0.492. The second kappa shape index (κ2) is 26.0. The zero-order chi connectivity index (χ0) is 57.7. The Morgan fingerprint density at radius 3 is 2.32 bits per heavy atom. The number of morpholine rings is 1. The Morgan fingerprint density at radius 1 is 0.854 bits per heavy atom. The normalized spacial score (nSPS) is 21.1. The molecule has 4 atom stereocenters. The Labute approximate surface area is 490 Å². The van der Waals surface area contributed by atoms with Gasteiger partial charge in [-0.15, -0.1) is 0 Å². The maximum Gasteiger partial charge on any atom is 0.257 e. The van der Waals surface area contributed by atoms with E-state index in [1.807, 2.05) is 82.3 Å². The first kappa shape index (κ1) is 58.7. The number of rotatable bonds is 16. The van der Waals surface area contributed by atoms with Crippen LogP contribution >= 0.6 is 23.1 Å². The summed E-state index contributed by atoms with van der Waals surface area (Å²) in [7, 11) is 3.29. The van der Waals surface area contributed by atoms with E-state index < -0.39 is 23.5 Å². The van der Waals surface area contributed by atoms with Gasteiger partial charge in [0.05, 0.1) is 54.5 Å². The number of carbonyl (C=O) groups excluding carboxylic acids is 5. The van der Waals surface area contributed by atoms with Crippen LogP contribution in [0.4, 0.5) is 10.8 Å². The van der Waals surface area contributed by atoms with Crippen LogP contribution in [0.5, 0.6) is 11.5 Å². The van der Waals surface area contributed by atoms with Gasteiger partial charge in [0.2, 0.25) is 17.7 Å². The number of nitrogens with zero attached hydrogens (tertiary/aromatic N) is 5. The number of ether oxygens (including phenoxy) is 3. The molecule has 3 aliphatic heterocycles. The molecule has 1 aromatic heterocycles. The van der Waals surface area contributed by atoms with Gasteiger partial charge >= 0.3 is 0 Å². The summed E-state index contributed by atoms with van der Waals surface area (Å²) in [6, 6.07) is 24.2. The Bertz CT molecular complexity index is 3110. The molecule has 0 bridgehead atoms. The summed E-state index contributed by atoms with van der Waals surface area (Å²) >= 11 is 2.89. The van der Waals surface area contributed by atoms with E-state index in [1.165, 1.54) is 28.7 Å².